The molecule has 2 aromatic carbocycles. The maximum absolute atomic E-state index is 12.9. The largest absolute Gasteiger partial charge is 0.497 e. The molecule has 0 radical (unpaired) electrons. The van der Waals surface area contributed by atoms with Crippen molar-refractivity contribution in [3.8, 4) is 11.5 Å². The van der Waals surface area contributed by atoms with Crippen molar-refractivity contribution in [2.45, 2.75) is 77.6 Å². The number of nitrogens with one attached hydrogen (secondary N) is 2. The molecule has 0 bridgehead atoms. The first kappa shape index (κ1) is 33.1. The molecule has 0 aliphatic heterocycles. The second kappa shape index (κ2) is 19.6. The molecule has 1 heterocycles. The number of carbonyl (C=O) groups excluding carboxylic acids is 1. The second-order valence-electron chi connectivity index (χ2n) is 10.4. The topological polar surface area (TPSA) is 107 Å². The maximum Gasteiger partial charge on any atom is 0.225 e. The molecule has 2 N–H and O–H groups in total. The smallest absolute Gasteiger partial charge is 0.225 e. The van der Waals surface area contributed by atoms with E-state index in [1.54, 1.807) is 14.2 Å². The maximum atomic E-state index is 12.9. The van der Waals surface area contributed by atoms with Gasteiger partial charge < -0.3 is 29.2 Å². The standard InChI is InChI=1S/C33H48N4O5/c1-4-5-6-7-8-9-10-11-12-13-14-31(38)35-33-32(37-36-26-15-17-27(40-3)18-16-26)29-25-28(19-20-30(29)34-33)42-24-23-41-22-21-39-2/h15-20,25,34H,4-14,21-24H2,1-3H3,(H,35,38). The third kappa shape index (κ3) is 11.8. The molecule has 3 aromatic rings. The number of H-pyrrole nitrogens is 1. The zero-order valence-corrected chi connectivity index (χ0v) is 25.6. The number of azo groups is 1. The summed E-state index contributed by atoms with van der Waals surface area (Å²) in [6.07, 6.45) is 12.8. The van der Waals surface area contributed by atoms with Gasteiger partial charge in [0.15, 0.2) is 0 Å². The molecule has 0 fully saturated rings. The Bertz CT molecular complexity index is 1210. The van der Waals surface area contributed by atoms with E-state index in [2.05, 4.69) is 27.5 Å². The number of anilines is 1. The Hall–Kier alpha value is -3.43. The van der Waals surface area contributed by atoms with Gasteiger partial charge in [0.1, 0.15) is 29.6 Å². The fourth-order valence-corrected chi connectivity index (χ4v) is 4.64. The molecule has 1 aromatic heterocycles. The highest BCUT2D eigenvalue weighted by Crippen LogP contribution is 2.38. The summed E-state index contributed by atoms with van der Waals surface area (Å²) in [5, 5.41) is 12.8. The van der Waals surface area contributed by atoms with Crippen LogP contribution in [0.5, 0.6) is 11.5 Å². The number of rotatable bonds is 22. The highest BCUT2D eigenvalue weighted by atomic mass is 16.5. The number of ether oxygens (including phenoxy) is 4. The number of methoxy groups -OCH3 is 2. The summed E-state index contributed by atoms with van der Waals surface area (Å²) in [5.41, 5.74) is 2.06. The molecule has 3 rings (SSSR count). The molecule has 9 nitrogen and oxygen atoms in total. The minimum Gasteiger partial charge on any atom is -0.497 e. The Kier molecular flexibility index (Phi) is 15.5. The van der Waals surface area contributed by atoms with Crippen LogP contribution in [0.25, 0.3) is 10.9 Å². The molecule has 0 atom stereocenters. The van der Waals surface area contributed by atoms with E-state index < -0.39 is 0 Å². The summed E-state index contributed by atoms with van der Waals surface area (Å²) < 4.78 is 21.6. The van der Waals surface area contributed by atoms with E-state index in [1.807, 2.05) is 42.5 Å². The van der Waals surface area contributed by atoms with Gasteiger partial charge in [-0.3, -0.25) is 4.79 Å². The Morgan fingerprint density at radius 3 is 2.14 bits per heavy atom. The first-order valence-corrected chi connectivity index (χ1v) is 15.4. The molecule has 0 unspecified atom stereocenters. The fourth-order valence-electron chi connectivity index (χ4n) is 4.64. The minimum absolute atomic E-state index is 0.0355. The number of benzene rings is 2. The van der Waals surface area contributed by atoms with Crippen molar-refractivity contribution in [1.82, 2.24) is 4.98 Å². The number of carbonyl (C=O) groups is 1. The van der Waals surface area contributed by atoms with Crippen molar-refractivity contribution in [2.24, 2.45) is 10.2 Å². The lowest BCUT2D eigenvalue weighted by atomic mass is 10.1. The zero-order chi connectivity index (χ0) is 29.8. The van der Waals surface area contributed by atoms with Crippen LogP contribution in [-0.2, 0) is 14.3 Å². The summed E-state index contributed by atoms with van der Waals surface area (Å²) in [6.45, 7) is 4.18. The molecule has 0 aliphatic carbocycles. The van der Waals surface area contributed by atoms with Gasteiger partial charge in [0, 0.05) is 24.4 Å². The highest BCUT2D eigenvalue weighted by Gasteiger charge is 2.15. The Balaban J connectivity index is 1.61. The van der Waals surface area contributed by atoms with Crippen molar-refractivity contribution in [3.05, 3.63) is 42.5 Å². The molecule has 42 heavy (non-hydrogen) atoms. The summed E-state index contributed by atoms with van der Waals surface area (Å²) in [4.78, 5) is 16.2. The van der Waals surface area contributed by atoms with Gasteiger partial charge in [-0.05, 0) is 48.9 Å². The number of nitrogens with zero attached hydrogens (tertiary/aromatic N) is 2. The third-order valence-electron chi connectivity index (χ3n) is 7.03. The number of unbranched alkanes of at least 4 members (excludes halogenated alkanes) is 9. The molecular formula is C33H48N4O5. The van der Waals surface area contributed by atoms with E-state index in [0.717, 1.165) is 29.5 Å². The first-order valence-electron chi connectivity index (χ1n) is 15.4. The lowest BCUT2D eigenvalue weighted by Gasteiger charge is -2.07. The Labute approximate surface area is 250 Å². The zero-order valence-electron chi connectivity index (χ0n) is 25.6. The number of aromatic nitrogens is 1. The first-order chi connectivity index (χ1) is 20.6. The summed E-state index contributed by atoms with van der Waals surface area (Å²) >= 11 is 0. The van der Waals surface area contributed by atoms with Gasteiger partial charge in [-0.15, -0.1) is 5.11 Å². The van der Waals surface area contributed by atoms with Gasteiger partial charge in [-0.1, -0.05) is 64.7 Å². The number of amides is 1. The molecule has 9 heteroatoms. The quantitative estimate of drug-likeness (QED) is 0.0912. The van der Waals surface area contributed by atoms with Crippen molar-refractivity contribution in [3.63, 3.8) is 0 Å². The predicted octanol–water partition coefficient (Wildman–Crippen LogP) is 8.88. The average molecular weight is 581 g/mol. The lowest BCUT2D eigenvalue weighted by molar-refractivity contribution is -0.116. The van der Waals surface area contributed by atoms with E-state index in [9.17, 15) is 4.79 Å². The monoisotopic (exact) mass is 580 g/mol. The van der Waals surface area contributed by atoms with Gasteiger partial charge >= 0.3 is 0 Å². The molecule has 1 amide bonds. The van der Waals surface area contributed by atoms with Gasteiger partial charge in [0.05, 0.1) is 32.6 Å². The Morgan fingerprint density at radius 2 is 1.45 bits per heavy atom. The summed E-state index contributed by atoms with van der Waals surface area (Å²) in [7, 11) is 3.27. The summed E-state index contributed by atoms with van der Waals surface area (Å²) in [6, 6.07) is 13.0. The summed E-state index contributed by atoms with van der Waals surface area (Å²) in [5.74, 6) is 1.92. The van der Waals surface area contributed by atoms with Crippen LogP contribution in [0.1, 0.15) is 77.6 Å². The van der Waals surface area contributed by atoms with Crippen molar-refractivity contribution < 1.29 is 23.7 Å². The van der Waals surface area contributed by atoms with E-state index in [1.165, 1.54) is 51.4 Å². The van der Waals surface area contributed by atoms with Crippen LogP contribution in [0.15, 0.2) is 52.7 Å². The van der Waals surface area contributed by atoms with E-state index in [0.29, 0.717) is 55.8 Å². The van der Waals surface area contributed by atoms with Crippen molar-refractivity contribution in [2.75, 3.05) is 46.0 Å². The van der Waals surface area contributed by atoms with Gasteiger partial charge in [0.2, 0.25) is 5.91 Å². The lowest BCUT2D eigenvalue weighted by Crippen LogP contribution is -2.11. The van der Waals surface area contributed by atoms with Crippen LogP contribution >= 0.6 is 0 Å². The molecular weight excluding hydrogens is 532 g/mol. The van der Waals surface area contributed by atoms with Crippen LogP contribution < -0.4 is 14.8 Å². The van der Waals surface area contributed by atoms with Crippen molar-refractivity contribution in [1.29, 1.82) is 0 Å². The number of aromatic amines is 1. The van der Waals surface area contributed by atoms with Crippen LogP contribution in [0.2, 0.25) is 0 Å². The number of hydrogen-bond acceptors (Lipinski definition) is 7. The van der Waals surface area contributed by atoms with Crippen LogP contribution in [-0.4, -0.2) is 51.5 Å². The molecule has 0 aliphatic rings. The van der Waals surface area contributed by atoms with E-state index in [-0.39, 0.29) is 5.91 Å². The van der Waals surface area contributed by atoms with Gasteiger partial charge in [-0.25, -0.2) is 0 Å². The molecule has 0 spiro atoms. The Morgan fingerprint density at radius 1 is 0.786 bits per heavy atom. The van der Waals surface area contributed by atoms with Crippen LogP contribution in [0, 0.1) is 0 Å². The molecule has 0 saturated carbocycles. The molecule has 230 valence electrons. The van der Waals surface area contributed by atoms with Crippen molar-refractivity contribution >= 4 is 34.0 Å². The van der Waals surface area contributed by atoms with E-state index in [4.69, 9.17) is 18.9 Å². The van der Waals surface area contributed by atoms with Gasteiger partial charge in [-0.2, -0.15) is 5.11 Å². The third-order valence-corrected chi connectivity index (χ3v) is 7.03. The molecule has 0 saturated heterocycles. The average Bonchev–Trinajstić information content (AvgIpc) is 3.34. The fraction of sp³-hybridized carbons (Fsp3) is 0.545. The van der Waals surface area contributed by atoms with Crippen LogP contribution in [0.4, 0.5) is 17.2 Å². The second-order valence-corrected chi connectivity index (χ2v) is 10.4. The number of hydrogen-bond donors (Lipinski definition) is 2. The number of fused-ring (bicyclic) bond motifs is 1. The predicted molar refractivity (Wildman–Crippen MR) is 169 cm³/mol. The minimum atomic E-state index is -0.0355. The van der Waals surface area contributed by atoms with E-state index >= 15 is 0 Å². The SMILES string of the molecule is CCCCCCCCCCCCC(=O)Nc1[nH]c2ccc(OCCOCCOC)cc2c1N=Nc1ccc(OC)cc1. The highest BCUT2D eigenvalue weighted by molar-refractivity contribution is 6.03. The van der Waals surface area contributed by atoms with Gasteiger partial charge in [0.25, 0.3) is 0 Å². The van der Waals surface area contributed by atoms with Crippen LogP contribution in [0.3, 0.4) is 0 Å². The normalized spacial score (nSPS) is 11.4.